The number of carbonyl (C=O) groups excluding carboxylic acids is 4. The van der Waals surface area contributed by atoms with E-state index in [1.54, 1.807) is 43.5 Å². The monoisotopic (exact) mass is 762 g/mol. The van der Waals surface area contributed by atoms with Gasteiger partial charge in [-0.05, 0) is 67.1 Å². The molecule has 13 heteroatoms. The smallest absolute Gasteiger partial charge is 0.305 e. The SMILES string of the molecule is Cc1c(-c2cc(N3C(=O)[C@@H]4C[C@@H]5C(=CC[C@@H]6C(=O)N(CCC(=O)O)C(=O)[C@@H]65)[C@H](c5ccc6ccccc6c5O)[C@]4(C)C3=O)n(C)n2)sc2ccc(Cl)cc12. The molecule has 2 aromatic heterocycles. The number of carboxylic acid groups (broad SMARTS) is 1. The fourth-order valence-corrected chi connectivity index (χ4v) is 11.1. The molecule has 0 unspecified atom stereocenters. The number of imide groups is 2. The lowest BCUT2D eigenvalue weighted by Crippen LogP contribution is -2.49. The Morgan fingerprint density at radius 1 is 1.00 bits per heavy atom. The van der Waals surface area contributed by atoms with E-state index in [1.807, 2.05) is 55.5 Å². The predicted molar refractivity (Wildman–Crippen MR) is 203 cm³/mol. The molecule has 4 amide bonds. The van der Waals surface area contributed by atoms with Crippen LogP contribution in [0.2, 0.25) is 5.02 Å². The lowest BCUT2D eigenvalue weighted by molar-refractivity contribution is -0.142. The van der Waals surface area contributed by atoms with Gasteiger partial charge in [0.15, 0.2) is 0 Å². The van der Waals surface area contributed by atoms with Gasteiger partial charge in [-0.2, -0.15) is 5.10 Å². The average Bonchev–Trinajstić information content (AvgIpc) is 3.81. The van der Waals surface area contributed by atoms with Crippen LogP contribution < -0.4 is 4.90 Å². The number of likely N-dealkylation sites (tertiary alicyclic amines) is 1. The van der Waals surface area contributed by atoms with Gasteiger partial charge in [0.05, 0.1) is 34.5 Å². The van der Waals surface area contributed by atoms with Gasteiger partial charge in [-0.3, -0.25) is 33.6 Å². The van der Waals surface area contributed by atoms with Crippen LogP contribution in [0.1, 0.15) is 43.2 Å². The summed E-state index contributed by atoms with van der Waals surface area (Å²) >= 11 is 7.85. The number of nitrogens with zero attached hydrogens (tertiary/aromatic N) is 4. The minimum absolute atomic E-state index is 0.0134. The molecule has 2 N–H and O–H groups in total. The molecular formula is C41H35ClN4O7S. The van der Waals surface area contributed by atoms with E-state index >= 15 is 4.79 Å². The van der Waals surface area contributed by atoms with Crippen molar-refractivity contribution in [3.63, 3.8) is 0 Å². The predicted octanol–water partition coefficient (Wildman–Crippen LogP) is 6.83. The topological polar surface area (TPSA) is 150 Å². The second kappa shape index (κ2) is 12.1. The van der Waals surface area contributed by atoms with Gasteiger partial charge in [-0.15, -0.1) is 11.3 Å². The maximum Gasteiger partial charge on any atom is 0.305 e. The normalized spacial score (nSPS) is 26.4. The number of halogens is 1. The molecule has 9 rings (SSSR count). The number of allylic oxidation sites excluding steroid dienone is 2. The van der Waals surface area contributed by atoms with Crippen molar-refractivity contribution in [2.45, 2.75) is 39.0 Å². The minimum atomic E-state index is -1.38. The second-order valence-corrected chi connectivity index (χ2v) is 16.6. The zero-order valence-electron chi connectivity index (χ0n) is 29.6. The van der Waals surface area contributed by atoms with Gasteiger partial charge in [0.1, 0.15) is 17.3 Å². The molecule has 2 aliphatic heterocycles. The first-order valence-electron chi connectivity index (χ1n) is 17.9. The molecule has 11 nitrogen and oxygen atoms in total. The van der Waals surface area contributed by atoms with Crippen LogP contribution in [-0.4, -0.2) is 61.0 Å². The minimum Gasteiger partial charge on any atom is -0.507 e. The fraction of sp³-hybridized carbons (Fsp3) is 0.317. The first kappa shape index (κ1) is 34.4. The number of phenolic OH excluding ortho intramolecular Hbond substituents is 1. The number of aromatic nitrogens is 2. The van der Waals surface area contributed by atoms with Gasteiger partial charge in [-0.25, -0.2) is 4.90 Å². The van der Waals surface area contributed by atoms with Crippen molar-refractivity contribution in [2.24, 2.45) is 36.1 Å². The molecule has 2 saturated heterocycles. The van der Waals surface area contributed by atoms with Crippen molar-refractivity contribution in [1.82, 2.24) is 14.7 Å². The summed E-state index contributed by atoms with van der Waals surface area (Å²) in [5, 5.41) is 29.0. The third-order valence-electron chi connectivity index (χ3n) is 12.4. The molecule has 274 valence electrons. The molecule has 5 aromatic rings. The van der Waals surface area contributed by atoms with Crippen LogP contribution in [0.25, 0.3) is 31.4 Å². The summed E-state index contributed by atoms with van der Waals surface area (Å²) in [6.07, 6.45) is 1.88. The molecular weight excluding hydrogens is 728 g/mol. The summed E-state index contributed by atoms with van der Waals surface area (Å²) in [5.41, 5.74) is 1.39. The molecule has 4 heterocycles. The highest BCUT2D eigenvalue weighted by atomic mass is 35.5. The molecule has 0 bridgehead atoms. The Morgan fingerprint density at radius 3 is 2.56 bits per heavy atom. The number of hydrogen-bond acceptors (Lipinski definition) is 8. The highest BCUT2D eigenvalue weighted by molar-refractivity contribution is 7.22. The highest BCUT2D eigenvalue weighted by Crippen LogP contribution is 2.64. The van der Waals surface area contributed by atoms with Gasteiger partial charge >= 0.3 is 5.97 Å². The summed E-state index contributed by atoms with van der Waals surface area (Å²) in [5.74, 6) is -6.46. The Balaban J connectivity index is 1.18. The van der Waals surface area contributed by atoms with Crippen molar-refractivity contribution < 1.29 is 34.2 Å². The number of anilines is 1. The third kappa shape index (κ3) is 4.72. The zero-order chi connectivity index (χ0) is 38.0. The molecule has 6 atom stereocenters. The zero-order valence-corrected chi connectivity index (χ0v) is 31.1. The molecule has 1 saturated carbocycles. The summed E-state index contributed by atoms with van der Waals surface area (Å²) in [6.45, 7) is 3.53. The van der Waals surface area contributed by atoms with E-state index in [4.69, 9.17) is 16.7 Å². The van der Waals surface area contributed by atoms with Crippen LogP contribution in [0.15, 0.2) is 72.3 Å². The Labute approximate surface area is 318 Å². The highest BCUT2D eigenvalue weighted by Gasteiger charge is 2.68. The lowest BCUT2D eigenvalue weighted by Gasteiger charge is -2.49. The van der Waals surface area contributed by atoms with Crippen molar-refractivity contribution in [3.8, 4) is 16.3 Å². The Morgan fingerprint density at radius 2 is 1.78 bits per heavy atom. The molecule has 54 heavy (non-hydrogen) atoms. The standard InChI is InChI=1S/C41H35ClN4O7S/c1-19-26-16-21(42)9-13-30(26)54-36(19)29-18-31(44(3)43-29)46-38(51)28-17-27-23(11-12-24-33(27)39(52)45(37(24)50)15-14-32(47)48)34(41(28,2)40(46)53)25-10-8-20-6-4-5-7-22(20)35(25)49/h4-11,13,16,18,24,27-28,33-34,49H,12,14-15,17H2,1-3H3,(H,47,48)/t24-,27+,28-,33-,34+,41+/m0/s1. The quantitative estimate of drug-likeness (QED) is 0.141. The van der Waals surface area contributed by atoms with Gasteiger partial charge in [0.2, 0.25) is 23.6 Å². The van der Waals surface area contributed by atoms with E-state index in [-0.39, 0.29) is 31.6 Å². The number of aliphatic carboxylic acids is 1. The maximum atomic E-state index is 15.2. The molecule has 2 aliphatic carbocycles. The first-order chi connectivity index (χ1) is 25.8. The number of carboxylic acids is 1. The lowest BCUT2D eigenvalue weighted by atomic mass is 9.51. The van der Waals surface area contributed by atoms with E-state index in [0.29, 0.717) is 27.5 Å². The van der Waals surface area contributed by atoms with E-state index in [2.05, 4.69) is 0 Å². The number of fused-ring (bicyclic) bond motifs is 6. The van der Waals surface area contributed by atoms with Crippen molar-refractivity contribution >= 4 is 79.2 Å². The molecule has 3 aromatic carbocycles. The number of rotatable bonds is 6. The van der Waals surface area contributed by atoms with E-state index < -0.39 is 64.6 Å². The summed E-state index contributed by atoms with van der Waals surface area (Å²) in [7, 11) is 1.69. The van der Waals surface area contributed by atoms with Crippen molar-refractivity contribution in [2.75, 3.05) is 11.4 Å². The van der Waals surface area contributed by atoms with E-state index in [9.17, 15) is 29.4 Å². The number of benzene rings is 3. The number of phenols is 1. The number of aryl methyl sites for hydroxylation is 2. The van der Waals surface area contributed by atoms with Gasteiger partial charge in [-0.1, -0.05) is 59.6 Å². The van der Waals surface area contributed by atoms with Gasteiger partial charge in [0.25, 0.3) is 0 Å². The van der Waals surface area contributed by atoms with Crippen LogP contribution in [0.5, 0.6) is 5.75 Å². The average molecular weight is 763 g/mol. The maximum absolute atomic E-state index is 15.2. The van der Waals surface area contributed by atoms with Gasteiger partial charge in [0, 0.05) is 46.2 Å². The Bertz CT molecular complexity index is 2560. The first-order valence-corrected chi connectivity index (χ1v) is 19.1. The molecule has 4 aliphatic rings. The van der Waals surface area contributed by atoms with Crippen LogP contribution in [0.3, 0.4) is 0 Å². The number of amides is 4. The number of thiophene rings is 1. The van der Waals surface area contributed by atoms with Crippen molar-refractivity contribution in [3.05, 3.63) is 88.5 Å². The van der Waals surface area contributed by atoms with Crippen LogP contribution in [0, 0.1) is 36.0 Å². The fourth-order valence-electron chi connectivity index (χ4n) is 9.79. The van der Waals surface area contributed by atoms with Crippen LogP contribution in [0.4, 0.5) is 5.82 Å². The second-order valence-electron chi connectivity index (χ2n) is 15.1. The van der Waals surface area contributed by atoms with Crippen LogP contribution in [-0.2, 0) is 31.0 Å². The van der Waals surface area contributed by atoms with Gasteiger partial charge < -0.3 is 10.2 Å². The van der Waals surface area contributed by atoms with Crippen LogP contribution >= 0.6 is 22.9 Å². The van der Waals surface area contributed by atoms with Crippen molar-refractivity contribution in [1.29, 1.82) is 0 Å². The molecule has 0 radical (unpaired) electrons. The molecule has 3 fully saturated rings. The Kier molecular flexibility index (Phi) is 7.71. The number of carbonyl (C=O) groups is 5. The number of aromatic hydroxyl groups is 1. The Hall–Kier alpha value is -5.33. The molecule has 0 spiro atoms. The summed E-state index contributed by atoms with van der Waals surface area (Å²) < 4.78 is 2.56. The summed E-state index contributed by atoms with van der Waals surface area (Å²) in [6, 6.07) is 18.5. The summed E-state index contributed by atoms with van der Waals surface area (Å²) in [4.78, 5) is 72.2. The van der Waals surface area contributed by atoms with E-state index in [1.165, 1.54) is 9.58 Å². The number of hydrogen-bond donors (Lipinski definition) is 2. The third-order valence-corrected chi connectivity index (χ3v) is 13.9. The largest absolute Gasteiger partial charge is 0.507 e. The van der Waals surface area contributed by atoms with E-state index in [0.717, 1.165) is 36.4 Å².